The summed E-state index contributed by atoms with van der Waals surface area (Å²) in [6, 6.07) is 6.49. The van der Waals surface area contributed by atoms with Crippen LogP contribution in [0.15, 0.2) is 29.2 Å². The summed E-state index contributed by atoms with van der Waals surface area (Å²) in [5.74, 6) is 0.962. The highest BCUT2D eigenvalue weighted by atomic mass is 32.2. The highest BCUT2D eigenvalue weighted by Crippen LogP contribution is 2.19. The average Bonchev–Trinajstić information content (AvgIpc) is 2.28. The molecule has 4 heteroatoms. The molecular formula is C12H17FN2S. The number of amidine groups is 1. The molecular weight excluding hydrogens is 223 g/mol. The van der Waals surface area contributed by atoms with Crippen molar-refractivity contribution in [1.29, 1.82) is 5.41 Å². The van der Waals surface area contributed by atoms with Gasteiger partial charge in [0.25, 0.3) is 0 Å². The van der Waals surface area contributed by atoms with Crippen molar-refractivity contribution in [3.8, 4) is 0 Å². The van der Waals surface area contributed by atoms with E-state index in [0.29, 0.717) is 11.6 Å². The lowest BCUT2D eigenvalue weighted by Crippen LogP contribution is -2.31. The van der Waals surface area contributed by atoms with Gasteiger partial charge in [0.1, 0.15) is 11.7 Å². The molecule has 88 valence electrons. The Bertz CT molecular complexity index is 351. The smallest absolute Gasteiger partial charge is 0.124 e. The number of nitrogens with one attached hydrogen (secondary N) is 1. The molecule has 0 aliphatic heterocycles. The second kappa shape index (κ2) is 6.53. The van der Waals surface area contributed by atoms with E-state index in [1.165, 1.54) is 23.9 Å². The highest BCUT2D eigenvalue weighted by Gasteiger charge is 2.05. The van der Waals surface area contributed by atoms with Crippen LogP contribution in [-0.4, -0.2) is 29.6 Å². The van der Waals surface area contributed by atoms with E-state index in [1.807, 2.05) is 24.8 Å². The third-order valence-corrected chi connectivity index (χ3v) is 3.32. The highest BCUT2D eigenvalue weighted by molar-refractivity contribution is 8.00. The predicted molar refractivity (Wildman–Crippen MR) is 67.8 cm³/mol. The van der Waals surface area contributed by atoms with Crippen LogP contribution in [-0.2, 0) is 0 Å². The molecule has 1 N–H and O–H groups in total. The molecule has 0 heterocycles. The van der Waals surface area contributed by atoms with E-state index in [9.17, 15) is 4.39 Å². The number of thioether (sulfide) groups is 1. The molecule has 0 saturated carbocycles. The summed E-state index contributed by atoms with van der Waals surface area (Å²) < 4.78 is 12.9. The topological polar surface area (TPSA) is 27.1 Å². The van der Waals surface area contributed by atoms with E-state index in [-0.39, 0.29) is 5.82 Å². The van der Waals surface area contributed by atoms with Crippen molar-refractivity contribution in [2.45, 2.75) is 18.7 Å². The van der Waals surface area contributed by atoms with Gasteiger partial charge in [-0.25, -0.2) is 4.39 Å². The molecule has 0 aromatic heterocycles. The second-order valence-corrected chi connectivity index (χ2v) is 4.41. The quantitative estimate of drug-likeness (QED) is 0.486. The van der Waals surface area contributed by atoms with Crippen molar-refractivity contribution in [2.24, 2.45) is 0 Å². The van der Waals surface area contributed by atoms with Crippen molar-refractivity contribution >= 4 is 17.6 Å². The molecule has 0 spiro atoms. The molecule has 0 radical (unpaired) electrons. The van der Waals surface area contributed by atoms with Gasteiger partial charge in [-0.05, 0) is 32.0 Å². The molecule has 0 fully saturated rings. The first-order chi connectivity index (χ1) is 7.67. The SMILES string of the molecule is CCN(CC)C(=N)CSc1cccc(F)c1. The van der Waals surface area contributed by atoms with Crippen LogP contribution in [0.3, 0.4) is 0 Å². The molecule has 0 aliphatic rings. The van der Waals surface area contributed by atoms with Crippen LogP contribution in [0.2, 0.25) is 0 Å². The van der Waals surface area contributed by atoms with Crippen LogP contribution in [0.1, 0.15) is 13.8 Å². The Morgan fingerprint density at radius 2 is 2.06 bits per heavy atom. The van der Waals surface area contributed by atoms with Crippen LogP contribution in [0.5, 0.6) is 0 Å². The molecule has 1 aromatic rings. The lowest BCUT2D eigenvalue weighted by molar-refractivity contribution is 0.461. The summed E-state index contributed by atoms with van der Waals surface area (Å²) in [7, 11) is 0. The number of halogens is 1. The Kier molecular flexibility index (Phi) is 5.32. The lowest BCUT2D eigenvalue weighted by Gasteiger charge is -2.21. The normalized spacial score (nSPS) is 10.2. The molecule has 1 aromatic carbocycles. The third kappa shape index (κ3) is 3.85. The number of nitrogens with zero attached hydrogens (tertiary/aromatic N) is 1. The van der Waals surface area contributed by atoms with Crippen molar-refractivity contribution < 1.29 is 4.39 Å². The van der Waals surface area contributed by atoms with Gasteiger partial charge in [0.2, 0.25) is 0 Å². The van der Waals surface area contributed by atoms with Crippen LogP contribution in [0.4, 0.5) is 4.39 Å². The fourth-order valence-corrected chi connectivity index (χ4v) is 2.26. The Hall–Kier alpha value is -1.03. The molecule has 16 heavy (non-hydrogen) atoms. The maximum absolute atomic E-state index is 12.9. The fraction of sp³-hybridized carbons (Fsp3) is 0.417. The fourth-order valence-electron chi connectivity index (χ4n) is 1.41. The van der Waals surface area contributed by atoms with E-state index >= 15 is 0 Å². The van der Waals surface area contributed by atoms with Crippen LogP contribution in [0.25, 0.3) is 0 Å². The van der Waals surface area contributed by atoms with Gasteiger partial charge in [-0.1, -0.05) is 6.07 Å². The summed E-state index contributed by atoms with van der Waals surface area (Å²) in [6.45, 7) is 5.76. The number of benzene rings is 1. The van der Waals surface area contributed by atoms with Crippen molar-refractivity contribution in [2.75, 3.05) is 18.8 Å². The first-order valence-corrected chi connectivity index (χ1v) is 6.36. The zero-order valence-electron chi connectivity index (χ0n) is 9.66. The molecule has 0 atom stereocenters. The Balaban J connectivity index is 2.48. The van der Waals surface area contributed by atoms with Gasteiger partial charge < -0.3 is 4.90 Å². The lowest BCUT2D eigenvalue weighted by atomic mass is 10.4. The molecule has 2 nitrogen and oxygen atoms in total. The molecule has 0 amide bonds. The summed E-state index contributed by atoms with van der Waals surface area (Å²) in [5, 5.41) is 7.86. The van der Waals surface area contributed by atoms with E-state index < -0.39 is 0 Å². The number of rotatable bonds is 5. The van der Waals surface area contributed by atoms with Gasteiger partial charge in [0.15, 0.2) is 0 Å². The minimum absolute atomic E-state index is 0.223. The molecule has 0 aliphatic carbocycles. The molecule has 0 bridgehead atoms. The standard InChI is InChI=1S/C12H17FN2S/c1-3-15(4-2)12(14)9-16-11-7-5-6-10(13)8-11/h5-8,14H,3-4,9H2,1-2H3. The van der Waals surface area contributed by atoms with Crippen LogP contribution >= 0.6 is 11.8 Å². The molecule has 1 rings (SSSR count). The van der Waals surface area contributed by atoms with Crippen molar-refractivity contribution in [3.05, 3.63) is 30.1 Å². The van der Waals surface area contributed by atoms with E-state index in [4.69, 9.17) is 5.41 Å². The number of hydrogen-bond donors (Lipinski definition) is 1. The minimum Gasteiger partial charge on any atom is -0.360 e. The summed E-state index contributed by atoms with van der Waals surface area (Å²) in [6.07, 6.45) is 0. The third-order valence-electron chi connectivity index (χ3n) is 2.32. The minimum atomic E-state index is -0.223. The maximum atomic E-state index is 12.9. The summed E-state index contributed by atoms with van der Waals surface area (Å²) >= 11 is 1.50. The van der Waals surface area contributed by atoms with E-state index in [0.717, 1.165) is 18.0 Å². The van der Waals surface area contributed by atoms with E-state index in [2.05, 4.69) is 0 Å². The zero-order valence-corrected chi connectivity index (χ0v) is 10.5. The van der Waals surface area contributed by atoms with Gasteiger partial charge in [-0.15, -0.1) is 11.8 Å². The summed E-state index contributed by atoms with van der Waals surface area (Å²) in [4.78, 5) is 2.86. The van der Waals surface area contributed by atoms with Crippen molar-refractivity contribution in [3.63, 3.8) is 0 Å². The van der Waals surface area contributed by atoms with Gasteiger partial charge in [-0.3, -0.25) is 5.41 Å². The van der Waals surface area contributed by atoms with Gasteiger partial charge >= 0.3 is 0 Å². The molecule has 0 unspecified atom stereocenters. The zero-order chi connectivity index (χ0) is 12.0. The number of hydrogen-bond acceptors (Lipinski definition) is 2. The van der Waals surface area contributed by atoms with E-state index in [1.54, 1.807) is 6.07 Å². The largest absolute Gasteiger partial charge is 0.360 e. The van der Waals surface area contributed by atoms with Crippen molar-refractivity contribution in [1.82, 2.24) is 4.90 Å². The Morgan fingerprint density at radius 1 is 1.38 bits per heavy atom. The van der Waals surface area contributed by atoms with Gasteiger partial charge in [-0.2, -0.15) is 0 Å². The predicted octanol–water partition coefficient (Wildman–Crippen LogP) is 3.24. The monoisotopic (exact) mass is 240 g/mol. The average molecular weight is 240 g/mol. The van der Waals surface area contributed by atoms with Crippen LogP contribution in [0, 0.1) is 11.2 Å². The Morgan fingerprint density at radius 3 is 2.62 bits per heavy atom. The first-order valence-electron chi connectivity index (χ1n) is 5.38. The maximum Gasteiger partial charge on any atom is 0.124 e. The Labute approximate surface area is 100 Å². The van der Waals surface area contributed by atoms with Crippen LogP contribution < -0.4 is 0 Å². The first kappa shape index (κ1) is 13.0. The van der Waals surface area contributed by atoms with Gasteiger partial charge in [0.05, 0.1) is 5.75 Å². The second-order valence-electron chi connectivity index (χ2n) is 3.37. The molecule has 0 saturated heterocycles. The summed E-state index contributed by atoms with van der Waals surface area (Å²) in [5.41, 5.74) is 0. The van der Waals surface area contributed by atoms with Gasteiger partial charge in [0, 0.05) is 18.0 Å².